The summed E-state index contributed by atoms with van der Waals surface area (Å²) in [5, 5.41) is 10.1. The van der Waals surface area contributed by atoms with Gasteiger partial charge in [0.2, 0.25) is 0 Å². The van der Waals surface area contributed by atoms with Crippen LogP contribution in [0.4, 0.5) is 0 Å². The van der Waals surface area contributed by atoms with E-state index >= 15 is 0 Å². The average molecular weight is 410 g/mol. The molecule has 0 saturated heterocycles. The van der Waals surface area contributed by atoms with Crippen molar-refractivity contribution in [3.63, 3.8) is 0 Å². The molecule has 1 aromatic heterocycles. The third-order valence-electron chi connectivity index (χ3n) is 4.71. The second-order valence-electron chi connectivity index (χ2n) is 8.14. The molecule has 0 bridgehead atoms. The summed E-state index contributed by atoms with van der Waals surface area (Å²) < 4.78 is 16.5. The number of carbonyl (C=O) groups is 2. The van der Waals surface area contributed by atoms with Gasteiger partial charge in [0.05, 0.1) is 19.1 Å². The summed E-state index contributed by atoms with van der Waals surface area (Å²) in [6.45, 7) is 12.3. The number of ketones is 1. The maximum Gasteiger partial charge on any atom is 0.309 e. The molecule has 1 aromatic rings. The number of aromatic nitrogens is 1. The molecule has 0 fully saturated rings. The molecule has 0 amide bonds. The molecule has 0 radical (unpaired) electrons. The van der Waals surface area contributed by atoms with Crippen molar-refractivity contribution in [2.45, 2.75) is 66.6 Å². The Bertz CT molecular complexity index is 673. The van der Waals surface area contributed by atoms with E-state index in [9.17, 15) is 14.7 Å². The standard InChI is InChI=1S/C22H35NO6/c1-13(2)9-11-28-16(6)21(14(3)4)29-22(26)15(5)12-17(24)19-20(25)18(27-7)8-10-23-19/h8,10,13-16,21,25H,9,11-12H2,1-7H3/t15-,16+,21-/m1/s1. The minimum absolute atomic E-state index is 0.0694. The molecule has 1 heterocycles. The molecular weight excluding hydrogens is 374 g/mol. The monoisotopic (exact) mass is 409 g/mol. The third-order valence-corrected chi connectivity index (χ3v) is 4.71. The molecule has 0 aromatic carbocycles. The van der Waals surface area contributed by atoms with Crippen LogP contribution in [0.25, 0.3) is 0 Å². The number of Topliss-reactive ketones (excluding diaryl/α,β-unsaturated/α-hetero) is 1. The number of pyridine rings is 1. The van der Waals surface area contributed by atoms with Crippen molar-refractivity contribution in [2.24, 2.45) is 17.8 Å². The highest BCUT2D eigenvalue weighted by molar-refractivity contribution is 5.99. The van der Waals surface area contributed by atoms with Gasteiger partial charge in [0.15, 0.2) is 23.0 Å². The lowest BCUT2D eigenvalue weighted by Crippen LogP contribution is -2.37. The number of carbonyl (C=O) groups excluding carboxylic acids is 2. The predicted molar refractivity (Wildman–Crippen MR) is 110 cm³/mol. The maximum absolute atomic E-state index is 12.6. The van der Waals surface area contributed by atoms with E-state index in [2.05, 4.69) is 18.8 Å². The second kappa shape index (κ2) is 11.8. The molecule has 164 valence electrons. The average Bonchev–Trinajstić information content (AvgIpc) is 2.65. The summed E-state index contributed by atoms with van der Waals surface area (Å²) in [5.74, 6) is -1.17. The molecule has 0 aliphatic heterocycles. The van der Waals surface area contributed by atoms with Crippen LogP contribution in [-0.2, 0) is 14.3 Å². The fourth-order valence-corrected chi connectivity index (χ4v) is 2.87. The van der Waals surface area contributed by atoms with Gasteiger partial charge in [-0.1, -0.05) is 34.6 Å². The summed E-state index contributed by atoms with van der Waals surface area (Å²) in [6.07, 6.45) is 1.53. The van der Waals surface area contributed by atoms with Crippen LogP contribution >= 0.6 is 0 Å². The quantitative estimate of drug-likeness (QED) is 0.411. The Hall–Kier alpha value is -2.15. The fourth-order valence-electron chi connectivity index (χ4n) is 2.87. The van der Waals surface area contributed by atoms with E-state index in [1.165, 1.54) is 19.4 Å². The minimum atomic E-state index is -0.681. The molecule has 7 nitrogen and oxygen atoms in total. The zero-order valence-corrected chi connectivity index (χ0v) is 18.6. The second-order valence-corrected chi connectivity index (χ2v) is 8.14. The first-order valence-electron chi connectivity index (χ1n) is 10.2. The fraction of sp³-hybridized carbons (Fsp3) is 0.682. The number of hydrogen-bond acceptors (Lipinski definition) is 7. The van der Waals surface area contributed by atoms with E-state index < -0.39 is 23.8 Å². The first-order chi connectivity index (χ1) is 13.6. The molecule has 3 atom stereocenters. The van der Waals surface area contributed by atoms with Gasteiger partial charge in [-0.15, -0.1) is 0 Å². The molecule has 7 heteroatoms. The van der Waals surface area contributed by atoms with Gasteiger partial charge in [-0.2, -0.15) is 0 Å². The van der Waals surface area contributed by atoms with Gasteiger partial charge in [0.25, 0.3) is 0 Å². The Morgan fingerprint density at radius 1 is 1.14 bits per heavy atom. The van der Waals surface area contributed by atoms with Crippen LogP contribution in [0.15, 0.2) is 12.3 Å². The van der Waals surface area contributed by atoms with Crippen molar-refractivity contribution in [2.75, 3.05) is 13.7 Å². The highest BCUT2D eigenvalue weighted by atomic mass is 16.6. The van der Waals surface area contributed by atoms with Gasteiger partial charge in [-0.05, 0) is 25.2 Å². The van der Waals surface area contributed by atoms with Crippen LogP contribution in [0.5, 0.6) is 11.5 Å². The number of ether oxygens (including phenoxy) is 3. The van der Waals surface area contributed by atoms with Crippen molar-refractivity contribution in [3.8, 4) is 11.5 Å². The van der Waals surface area contributed by atoms with Crippen molar-refractivity contribution >= 4 is 11.8 Å². The molecule has 29 heavy (non-hydrogen) atoms. The topological polar surface area (TPSA) is 95.0 Å². The number of esters is 1. The maximum atomic E-state index is 12.6. The number of rotatable bonds is 12. The van der Waals surface area contributed by atoms with E-state index in [0.717, 1.165) is 6.42 Å². The summed E-state index contributed by atoms with van der Waals surface area (Å²) in [5.41, 5.74) is -0.116. The minimum Gasteiger partial charge on any atom is -0.503 e. The van der Waals surface area contributed by atoms with Crippen molar-refractivity contribution in [3.05, 3.63) is 18.0 Å². The lowest BCUT2D eigenvalue weighted by atomic mass is 10.00. The molecule has 0 saturated carbocycles. The summed E-state index contributed by atoms with van der Waals surface area (Å²) >= 11 is 0. The lowest BCUT2D eigenvalue weighted by molar-refractivity contribution is -0.165. The largest absolute Gasteiger partial charge is 0.503 e. The third kappa shape index (κ3) is 7.65. The molecule has 0 aliphatic carbocycles. The number of nitrogens with zero attached hydrogens (tertiary/aromatic N) is 1. The van der Waals surface area contributed by atoms with Crippen LogP contribution in [0.3, 0.4) is 0 Å². The van der Waals surface area contributed by atoms with E-state index in [0.29, 0.717) is 12.5 Å². The number of methoxy groups -OCH3 is 1. The normalized spacial score (nSPS) is 14.5. The molecular formula is C22H35NO6. The van der Waals surface area contributed by atoms with Gasteiger partial charge in [-0.3, -0.25) is 9.59 Å². The summed E-state index contributed by atoms with van der Waals surface area (Å²) in [6, 6.07) is 1.46. The molecule has 1 N–H and O–H groups in total. The highest BCUT2D eigenvalue weighted by Gasteiger charge is 2.29. The molecule has 1 rings (SSSR count). The van der Waals surface area contributed by atoms with E-state index in [4.69, 9.17) is 14.2 Å². The van der Waals surface area contributed by atoms with Crippen LogP contribution in [0.2, 0.25) is 0 Å². The van der Waals surface area contributed by atoms with Gasteiger partial charge in [0.1, 0.15) is 6.10 Å². The number of hydrogen-bond donors (Lipinski definition) is 1. The lowest BCUT2D eigenvalue weighted by Gasteiger charge is -2.28. The first-order valence-corrected chi connectivity index (χ1v) is 10.2. The summed E-state index contributed by atoms with van der Waals surface area (Å²) in [4.78, 5) is 29.0. The Labute approximate surface area is 173 Å². The van der Waals surface area contributed by atoms with Crippen molar-refractivity contribution in [1.29, 1.82) is 0 Å². The van der Waals surface area contributed by atoms with E-state index in [1.54, 1.807) is 6.92 Å². The van der Waals surface area contributed by atoms with E-state index in [-0.39, 0.29) is 35.6 Å². The molecule has 0 unspecified atom stereocenters. The van der Waals surface area contributed by atoms with Crippen LogP contribution in [0, 0.1) is 17.8 Å². The molecule has 0 aliphatic rings. The van der Waals surface area contributed by atoms with Crippen molar-refractivity contribution in [1.82, 2.24) is 4.98 Å². The Kier molecular flexibility index (Phi) is 10.1. The van der Waals surface area contributed by atoms with Gasteiger partial charge in [0, 0.05) is 25.3 Å². The Morgan fingerprint density at radius 2 is 1.79 bits per heavy atom. The van der Waals surface area contributed by atoms with Gasteiger partial charge in [-0.25, -0.2) is 4.98 Å². The highest BCUT2D eigenvalue weighted by Crippen LogP contribution is 2.29. The smallest absolute Gasteiger partial charge is 0.309 e. The number of aromatic hydroxyl groups is 1. The predicted octanol–water partition coefficient (Wildman–Crippen LogP) is 4.02. The Balaban J connectivity index is 2.72. The van der Waals surface area contributed by atoms with Gasteiger partial charge >= 0.3 is 5.97 Å². The first kappa shape index (κ1) is 24.9. The zero-order chi connectivity index (χ0) is 22.1. The van der Waals surface area contributed by atoms with Crippen LogP contribution < -0.4 is 4.74 Å². The van der Waals surface area contributed by atoms with Crippen molar-refractivity contribution < 1.29 is 28.9 Å². The SMILES string of the molecule is COc1ccnc(C(=O)C[C@@H](C)C(=O)O[C@H](C(C)C)[C@H](C)OCCC(C)C)c1O. The van der Waals surface area contributed by atoms with Gasteiger partial charge < -0.3 is 19.3 Å². The molecule has 0 spiro atoms. The zero-order valence-electron chi connectivity index (χ0n) is 18.6. The Morgan fingerprint density at radius 3 is 2.34 bits per heavy atom. The van der Waals surface area contributed by atoms with E-state index in [1.807, 2.05) is 20.8 Å². The van der Waals surface area contributed by atoms with Crippen LogP contribution in [0.1, 0.15) is 64.9 Å². The van der Waals surface area contributed by atoms with Crippen LogP contribution in [-0.4, -0.2) is 47.8 Å². The summed E-state index contributed by atoms with van der Waals surface area (Å²) in [7, 11) is 1.39.